The van der Waals surface area contributed by atoms with Crippen LogP contribution < -0.4 is 19.9 Å². The molecule has 3 heterocycles. The van der Waals surface area contributed by atoms with Gasteiger partial charge in [-0.25, -0.2) is 5.06 Å². The van der Waals surface area contributed by atoms with E-state index >= 15 is 0 Å². The van der Waals surface area contributed by atoms with Gasteiger partial charge >= 0.3 is 5.97 Å². The average Bonchev–Trinajstić information content (AvgIpc) is 3.54. The summed E-state index contributed by atoms with van der Waals surface area (Å²) in [6.07, 6.45) is 6.30. The summed E-state index contributed by atoms with van der Waals surface area (Å²) in [4.78, 5) is 33.5. The van der Waals surface area contributed by atoms with Gasteiger partial charge in [-0.2, -0.15) is 0 Å². The molecule has 1 amide bonds. The van der Waals surface area contributed by atoms with Gasteiger partial charge in [0.1, 0.15) is 6.73 Å². The molecule has 0 spiro atoms. The average molecular weight is 536 g/mol. The van der Waals surface area contributed by atoms with E-state index in [0.717, 1.165) is 50.7 Å². The van der Waals surface area contributed by atoms with Crippen molar-refractivity contribution >= 4 is 11.9 Å². The normalized spacial score (nSPS) is 24.9. The van der Waals surface area contributed by atoms with E-state index in [-0.39, 0.29) is 44.0 Å². The molecule has 0 saturated carbocycles. The van der Waals surface area contributed by atoms with Gasteiger partial charge < -0.3 is 29.8 Å². The van der Waals surface area contributed by atoms with Crippen LogP contribution >= 0.6 is 0 Å². The topological polar surface area (TPSA) is 133 Å². The Bertz CT molecular complexity index is 954. The van der Waals surface area contributed by atoms with Gasteiger partial charge in [-0.15, -0.1) is 0 Å². The molecule has 0 bridgehead atoms. The van der Waals surface area contributed by atoms with Gasteiger partial charge in [0.2, 0.25) is 12.5 Å². The first-order valence-electron chi connectivity index (χ1n) is 13.7. The Labute approximate surface area is 224 Å². The number of carboxylic acid groups (broad SMARTS) is 1. The molecular formula is C27H41N3O8. The quantitative estimate of drug-likeness (QED) is 0.287. The van der Waals surface area contributed by atoms with Crippen molar-refractivity contribution in [2.75, 3.05) is 46.9 Å². The summed E-state index contributed by atoms with van der Waals surface area (Å²) in [5, 5.41) is 11.8. The molecule has 4 atom stereocenters. The molecule has 2 fully saturated rings. The molecule has 1 aromatic rings. The number of rotatable bonds is 13. The largest absolute Gasteiger partial charge is 0.493 e. The van der Waals surface area contributed by atoms with Crippen molar-refractivity contribution in [1.82, 2.24) is 9.96 Å². The third kappa shape index (κ3) is 6.51. The smallest absolute Gasteiger partial charge is 0.308 e. The first-order valence-corrected chi connectivity index (χ1v) is 13.7. The highest BCUT2D eigenvalue weighted by molar-refractivity contribution is 5.78. The first kappa shape index (κ1) is 28.4. The second-order valence-electron chi connectivity index (χ2n) is 10.1. The number of nitrogens with zero attached hydrogens (tertiary/aromatic N) is 2. The van der Waals surface area contributed by atoms with Gasteiger partial charge in [0.05, 0.1) is 25.7 Å². The Morgan fingerprint density at radius 3 is 2.76 bits per heavy atom. The molecule has 4 rings (SSSR count). The Kier molecular flexibility index (Phi) is 10.1. The van der Waals surface area contributed by atoms with Crippen LogP contribution in [0.3, 0.4) is 0 Å². The van der Waals surface area contributed by atoms with Crippen molar-refractivity contribution in [2.45, 2.75) is 69.9 Å². The number of methoxy groups -OCH3 is 1. The molecule has 212 valence electrons. The summed E-state index contributed by atoms with van der Waals surface area (Å²) in [5.74, 6) is -0.663. The van der Waals surface area contributed by atoms with Crippen LogP contribution in [0, 0.1) is 5.92 Å². The number of ether oxygens (including phenoxy) is 4. The van der Waals surface area contributed by atoms with Gasteiger partial charge in [-0.05, 0) is 56.2 Å². The van der Waals surface area contributed by atoms with Crippen molar-refractivity contribution in [3.63, 3.8) is 0 Å². The van der Waals surface area contributed by atoms with Gasteiger partial charge in [0.15, 0.2) is 11.5 Å². The van der Waals surface area contributed by atoms with Gasteiger partial charge in [0.25, 0.3) is 5.91 Å². The van der Waals surface area contributed by atoms with Crippen molar-refractivity contribution in [3.8, 4) is 17.2 Å². The zero-order valence-corrected chi connectivity index (χ0v) is 22.4. The number of aliphatic carboxylic acids is 1. The van der Waals surface area contributed by atoms with E-state index in [4.69, 9.17) is 29.5 Å². The number of amides is 1. The highest BCUT2D eigenvalue weighted by Gasteiger charge is 2.48. The summed E-state index contributed by atoms with van der Waals surface area (Å²) < 4.78 is 22.6. The van der Waals surface area contributed by atoms with E-state index in [9.17, 15) is 14.7 Å². The van der Waals surface area contributed by atoms with Crippen LogP contribution in [-0.2, 0) is 19.2 Å². The predicted molar refractivity (Wildman–Crippen MR) is 138 cm³/mol. The van der Waals surface area contributed by atoms with Crippen molar-refractivity contribution in [2.24, 2.45) is 11.7 Å². The van der Waals surface area contributed by atoms with Crippen molar-refractivity contribution in [3.05, 3.63) is 17.7 Å². The number of likely N-dealkylation sites (tertiary alicyclic amines) is 1. The SMILES string of the molecule is CCCCN(OCN)C(=O)CN1C[C@H](c2cc(OC)c3c(c2)OCO3)[C@@H](C(=O)O)[C@@H]1CCC1CCCCO1. The maximum absolute atomic E-state index is 13.3. The third-order valence-electron chi connectivity index (χ3n) is 7.76. The maximum atomic E-state index is 13.3. The fourth-order valence-electron chi connectivity index (χ4n) is 5.85. The third-order valence-corrected chi connectivity index (χ3v) is 7.76. The number of fused-ring (bicyclic) bond motifs is 1. The lowest BCUT2D eigenvalue weighted by Crippen LogP contribution is -2.45. The standard InChI is InChI=1S/C27H41N3O8/c1-3-4-10-30(38-16-28)24(31)15-29-14-20(18-12-22(34-2)26-23(13-18)36-17-37-26)25(27(32)33)21(29)9-8-19-7-5-6-11-35-19/h12-13,19-21,25H,3-11,14-17,28H2,1-2H3,(H,32,33)/t19?,20-,21+,25-/m1/s1. The molecule has 11 nitrogen and oxygen atoms in total. The van der Waals surface area contributed by atoms with Crippen molar-refractivity contribution in [1.29, 1.82) is 0 Å². The number of nitrogens with two attached hydrogens (primary N) is 1. The molecular weight excluding hydrogens is 494 g/mol. The molecule has 2 saturated heterocycles. The first-order chi connectivity index (χ1) is 18.5. The van der Waals surface area contributed by atoms with E-state index < -0.39 is 11.9 Å². The van der Waals surface area contributed by atoms with Crippen LogP contribution in [0.25, 0.3) is 0 Å². The van der Waals surface area contributed by atoms with Crippen LogP contribution in [-0.4, -0.2) is 86.0 Å². The van der Waals surface area contributed by atoms with Crippen LogP contribution in [0.2, 0.25) is 0 Å². The number of hydrogen-bond acceptors (Lipinski definition) is 9. The van der Waals surface area contributed by atoms with Crippen LogP contribution in [0.15, 0.2) is 12.1 Å². The molecule has 3 N–H and O–H groups in total. The molecule has 0 aromatic heterocycles. The minimum Gasteiger partial charge on any atom is -0.493 e. The molecule has 3 aliphatic rings. The number of carboxylic acids is 1. The Balaban J connectivity index is 1.60. The lowest BCUT2D eigenvalue weighted by molar-refractivity contribution is -0.187. The van der Waals surface area contributed by atoms with Gasteiger partial charge in [-0.3, -0.25) is 19.3 Å². The fourth-order valence-corrected chi connectivity index (χ4v) is 5.85. The van der Waals surface area contributed by atoms with Gasteiger partial charge in [-0.1, -0.05) is 13.3 Å². The minimum absolute atomic E-state index is 0.0435. The maximum Gasteiger partial charge on any atom is 0.308 e. The summed E-state index contributed by atoms with van der Waals surface area (Å²) in [6, 6.07) is 3.31. The zero-order chi connectivity index (χ0) is 27.1. The second-order valence-corrected chi connectivity index (χ2v) is 10.1. The Hall–Kier alpha value is -2.60. The number of hydroxylamine groups is 2. The molecule has 1 unspecified atom stereocenters. The number of carbonyl (C=O) groups excluding carboxylic acids is 1. The van der Waals surface area contributed by atoms with E-state index in [1.807, 2.05) is 24.0 Å². The summed E-state index contributed by atoms with van der Waals surface area (Å²) in [6.45, 7) is 3.63. The summed E-state index contributed by atoms with van der Waals surface area (Å²) in [7, 11) is 1.55. The predicted octanol–water partition coefficient (Wildman–Crippen LogP) is 2.72. The number of unbranched alkanes of at least 4 members (excludes halogenated alkanes) is 1. The zero-order valence-electron chi connectivity index (χ0n) is 22.4. The van der Waals surface area contributed by atoms with Crippen LogP contribution in [0.1, 0.15) is 63.4 Å². The number of benzene rings is 1. The van der Waals surface area contributed by atoms with E-state index in [1.54, 1.807) is 7.11 Å². The molecule has 38 heavy (non-hydrogen) atoms. The molecule has 11 heteroatoms. The number of carbonyl (C=O) groups is 2. The lowest BCUT2D eigenvalue weighted by atomic mass is 9.83. The minimum atomic E-state index is -0.891. The highest BCUT2D eigenvalue weighted by Crippen LogP contribution is 2.47. The van der Waals surface area contributed by atoms with Crippen LogP contribution in [0.5, 0.6) is 17.2 Å². The second kappa shape index (κ2) is 13.5. The lowest BCUT2D eigenvalue weighted by Gasteiger charge is -2.30. The van der Waals surface area contributed by atoms with E-state index in [0.29, 0.717) is 36.8 Å². The monoisotopic (exact) mass is 535 g/mol. The fraction of sp³-hybridized carbons (Fsp3) is 0.704. The molecule has 3 aliphatic heterocycles. The van der Waals surface area contributed by atoms with E-state index in [1.165, 1.54) is 5.06 Å². The Morgan fingerprint density at radius 1 is 1.24 bits per heavy atom. The highest BCUT2D eigenvalue weighted by atomic mass is 16.7. The summed E-state index contributed by atoms with van der Waals surface area (Å²) in [5.41, 5.74) is 6.37. The van der Waals surface area contributed by atoms with Crippen LogP contribution in [0.4, 0.5) is 0 Å². The molecule has 1 aromatic carbocycles. The Morgan fingerprint density at radius 2 is 2.08 bits per heavy atom. The summed E-state index contributed by atoms with van der Waals surface area (Å²) >= 11 is 0. The molecule has 0 aliphatic carbocycles. The van der Waals surface area contributed by atoms with E-state index in [2.05, 4.69) is 0 Å². The van der Waals surface area contributed by atoms with Gasteiger partial charge in [0, 0.05) is 31.7 Å². The van der Waals surface area contributed by atoms with Crippen molar-refractivity contribution < 1.29 is 38.5 Å². The number of hydrogen-bond donors (Lipinski definition) is 2. The molecule has 0 radical (unpaired) electrons.